The Labute approximate surface area is 105 Å². The van der Waals surface area contributed by atoms with E-state index in [1.807, 2.05) is 6.08 Å². The molecule has 4 N–H and O–H groups in total. The molecule has 1 rings (SSSR count). The molecule has 0 aliphatic heterocycles. The second-order valence-corrected chi connectivity index (χ2v) is 4.63. The van der Waals surface area contributed by atoms with Crippen LogP contribution in [0.3, 0.4) is 0 Å². The van der Waals surface area contributed by atoms with Crippen molar-refractivity contribution in [2.75, 3.05) is 18.1 Å². The molecule has 0 aromatic heterocycles. The fraction of sp³-hybridized carbons (Fsp3) is 0.333. The summed E-state index contributed by atoms with van der Waals surface area (Å²) in [5.41, 5.74) is 0.564. The van der Waals surface area contributed by atoms with Crippen LogP contribution in [0, 0.1) is 0 Å². The molecule has 0 aliphatic carbocycles. The average molecular weight is 255 g/mol. The Hall–Kier alpha value is -1.33. The van der Waals surface area contributed by atoms with Gasteiger partial charge in [-0.15, -0.1) is 6.58 Å². The summed E-state index contributed by atoms with van der Waals surface area (Å²) in [6, 6.07) is 2.94. The number of phenols is 3. The quantitative estimate of drug-likeness (QED) is 0.340. The third-order valence-corrected chi connectivity index (χ3v) is 3.15. The number of rotatable bonds is 7. The lowest BCUT2D eigenvalue weighted by atomic mass is 10.1. The summed E-state index contributed by atoms with van der Waals surface area (Å²) in [6.45, 7) is 4.89. The summed E-state index contributed by atoms with van der Waals surface area (Å²) in [5, 5.41) is 31.2. The number of thioether (sulfide) groups is 1. The van der Waals surface area contributed by atoms with E-state index in [4.69, 9.17) is 5.11 Å². The van der Waals surface area contributed by atoms with Gasteiger partial charge < -0.3 is 20.6 Å². The molecular weight excluding hydrogens is 238 g/mol. The van der Waals surface area contributed by atoms with Crippen molar-refractivity contribution in [3.63, 3.8) is 0 Å². The number of nitrogens with one attached hydrogen (secondary N) is 1. The molecule has 0 unspecified atom stereocenters. The average Bonchev–Trinajstić information content (AvgIpc) is 2.33. The van der Waals surface area contributed by atoms with Gasteiger partial charge in [0.2, 0.25) is 5.75 Å². The molecule has 0 atom stereocenters. The molecule has 0 fully saturated rings. The van der Waals surface area contributed by atoms with Crippen LogP contribution in [-0.4, -0.2) is 33.4 Å². The van der Waals surface area contributed by atoms with Crippen LogP contribution < -0.4 is 5.32 Å². The number of phenolic OH excluding ortho intramolecular Hbond substituents is 3. The van der Waals surface area contributed by atoms with Crippen LogP contribution in [0.4, 0.5) is 0 Å². The highest BCUT2D eigenvalue weighted by atomic mass is 32.2. The zero-order valence-electron chi connectivity index (χ0n) is 9.52. The summed E-state index contributed by atoms with van der Waals surface area (Å²) in [7, 11) is 0. The SMILES string of the molecule is C=CCSCCNCc1ccc(O)c(O)c1O. The van der Waals surface area contributed by atoms with E-state index in [9.17, 15) is 10.2 Å². The van der Waals surface area contributed by atoms with Crippen LogP contribution >= 0.6 is 11.8 Å². The first-order valence-corrected chi connectivity index (χ1v) is 6.44. The van der Waals surface area contributed by atoms with Gasteiger partial charge in [-0.05, 0) is 6.07 Å². The van der Waals surface area contributed by atoms with Crippen molar-refractivity contribution in [2.45, 2.75) is 6.54 Å². The van der Waals surface area contributed by atoms with Gasteiger partial charge in [-0.3, -0.25) is 0 Å². The Morgan fingerprint density at radius 3 is 2.71 bits per heavy atom. The first-order valence-electron chi connectivity index (χ1n) is 5.29. The van der Waals surface area contributed by atoms with E-state index in [1.54, 1.807) is 17.8 Å². The maximum atomic E-state index is 9.55. The normalized spacial score (nSPS) is 10.4. The lowest BCUT2D eigenvalue weighted by Gasteiger charge is -2.08. The van der Waals surface area contributed by atoms with Crippen molar-refractivity contribution in [3.05, 3.63) is 30.4 Å². The number of hydrogen-bond acceptors (Lipinski definition) is 5. The zero-order valence-corrected chi connectivity index (χ0v) is 10.3. The van der Waals surface area contributed by atoms with Gasteiger partial charge in [0.05, 0.1) is 0 Å². The van der Waals surface area contributed by atoms with Gasteiger partial charge in [-0.1, -0.05) is 12.1 Å². The first-order chi connectivity index (χ1) is 8.16. The van der Waals surface area contributed by atoms with Crippen LogP contribution in [0.15, 0.2) is 24.8 Å². The Kier molecular flexibility index (Phi) is 5.72. The van der Waals surface area contributed by atoms with E-state index in [1.165, 1.54) is 6.07 Å². The largest absolute Gasteiger partial charge is 0.504 e. The second kappa shape index (κ2) is 7.09. The molecule has 0 heterocycles. The molecule has 0 spiro atoms. The predicted molar refractivity (Wildman–Crippen MR) is 70.7 cm³/mol. The third-order valence-electron chi connectivity index (χ3n) is 2.19. The number of aromatic hydroxyl groups is 3. The van der Waals surface area contributed by atoms with E-state index >= 15 is 0 Å². The summed E-state index contributed by atoms with van der Waals surface area (Å²) in [4.78, 5) is 0. The van der Waals surface area contributed by atoms with Crippen LogP contribution in [0.1, 0.15) is 5.56 Å². The molecule has 0 saturated carbocycles. The van der Waals surface area contributed by atoms with E-state index in [2.05, 4.69) is 11.9 Å². The fourth-order valence-corrected chi connectivity index (χ4v) is 1.91. The maximum absolute atomic E-state index is 9.55. The maximum Gasteiger partial charge on any atom is 0.200 e. The summed E-state index contributed by atoms with van der Waals surface area (Å²) >= 11 is 1.77. The Balaban J connectivity index is 2.37. The lowest BCUT2D eigenvalue weighted by molar-refractivity contribution is 0.364. The van der Waals surface area contributed by atoms with Gasteiger partial charge in [0.1, 0.15) is 0 Å². The van der Waals surface area contributed by atoms with E-state index in [0.717, 1.165) is 18.1 Å². The van der Waals surface area contributed by atoms with Gasteiger partial charge >= 0.3 is 0 Å². The highest BCUT2D eigenvalue weighted by Crippen LogP contribution is 2.36. The lowest BCUT2D eigenvalue weighted by Crippen LogP contribution is -2.16. The van der Waals surface area contributed by atoms with Gasteiger partial charge in [0.15, 0.2) is 11.5 Å². The Bertz CT molecular complexity index is 382. The predicted octanol–water partition coefficient (Wildman–Crippen LogP) is 1.81. The van der Waals surface area contributed by atoms with Crippen LogP contribution in [0.5, 0.6) is 17.2 Å². The van der Waals surface area contributed by atoms with Crippen LogP contribution in [0.25, 0.3) is 0 Å². The summed E-state index contributed by atoms with van der Waals surface area (Å²) < 4.78 is 0. The highest BCUT2D eigenvalue weighted by Gasteiger charge is 2.09. The van der Waals surface area contributed by atoms with Crippen molar-refractivity contribution >= 4 is 11.8 Å². The molecule has 4 nitrogen and oxygen atoms in total. The smallest absolute Gasteiger partial charge is 0.200 e. The second-order valence-electron chi connectivity index (χ2n) is 3.48. The van der Waals surface area contributed by atoms with E-state index in [-0.39, 0.29) is 11.5 Å². The summed E-state index contributed by atoms with van der Waals surface area (Å²) in [5.74, 6) is 0.832. The molecule has 1 aromatic rings. The topological polar surface area (TPSA) is 72.7 Å². The first kappa shape index (κ1) is 13.7. The van der Waals surface area contributed by atoms with Gasteiger partial charge in [-0.2, -0.15) is 11.8 Å². The van der Waals surface area contributed by atoms with Crippen LogP contribution in [0.2, 0.25) is 0 Å². The molecule has 0 aliphatic rings. The molecule has 94 valence electrons. The van der Waals surface area contributed by atoms with Crippen molar-refractivity contribution in [1.82, 2.24) is 5.32 Å². The van der Waals surface area contributed by atoms with Crippen molar-refractivity contribution in [1.29, 1.82) is 0 Å². The minimum absolute atomic E-state index is 0.267. The molecule has 0 radical (unpaired) electrons. The molecule has 17 heavy (non-hydrogen) atoms. The van der Waals surface area contributed by atoms with E-state index < -0.39 is 5.75 Å². The third kappa shape index (κ3) is 4.20. The molecular formula is C12H17NO3S. The highest BCUT2D eigenvalue weighted by molar-refractivity contribution is 7.99. The molecule has 0 bridgehead atoms. The van der Waals surface area contributed by atoms with Crippen molar-refractivity contribution in [2.24, 2.45) is 0 Å². The molecule has 0 saturated heterocycles. The molecule has 5 heteroatoms. The monoisotopic (exact) mass is 255 g/mol. The minimum Gasteiger partial charge on any atom is -0.504 e. The zero-order chi connectivity index (χ0) is 12.7. The summed E-state index contributed by atoms with van der Waals surface area (Å²) in [6.07, 6.45) is 1.86. The van der Waals surface area contributed by atoms with Gasteiger partial charge in [0, 0.05) is 30.2 Å². The standard InChI is InChI=1S/C12H17NO3S/c1-2-6-17-7-5-13-8-9-3-4-10(14)12(16)11(9)15/h2-4,13-16H,1,5-8H2. The number of benzene rings is 1. The van der Waals surface area contributed by atoms with Gasteiger partial charge in [-0.25, -0.2) is 0 Å². The molecule has 1 aromatic carbocycles. The number of hydrogen-bond donors (Lipinski definition) is 4. The molecule has 0 amide bonds. The minimum atomic E-state index is -0.467. The Morgan fingerprint density at radius 2 is 2.00 bits per heavy atom. The van der Waals surface area contributed by atoms with Gasteiger partial charge in [0.25, 0.3) is 0 Å². The van der Waals surface area contributed by atoms with E-state index in [0.29, 0.717) is 12.1 Å². The fourth-order valence-electron chi connectivity index (χ4n) is 1.29. The van der Waals surface area contributed by atoms with Crippen molar-refractivity contribution in [3.8, 4) is 17.2 Å². The Morgan fingerprint density at radius 1 is 1.24 bits per heavy atom. The van der Waals surface area contributed by atoms with Crippen LogP contribution in [-0.2, 0) is 6.54 Å². The van der Waals surface area contributed by atoms with Crippen molar-refractivity contribution < 1.29 is 15.3 Å².